The van der Waals surface area contributed by atoms with E-state index in [-0.39, 0.29) is 28.4 Å². The van der Waals surface area contributed by atoms with Crippen LogP contribution < -0.4 is 10.7 Å². The molecule has 0 aliphatic rings. The monoisotopic (exact) mass is 412 g/mol. The summed E-state index contributed by atoms with van der Waals surface area (Å²) in [4.78, 5) is 19.1. The normalized spacial score (nSPS) is 12.6. The zero-order valence-electron chi connectivity index (χ0n) is 15.9. The van der Waals surface area contributed by atoms with Crippen LogP contribution in [0.5, 0.6) is 0 Å². The molecule has 0 aliphatic carbocycles. The first-order valence-electron chi connectivity index (χ1n) is 8.29. The van der Waals surface area contributed by atoms with Crippen LogP contribution in [0.4, 0.5) is 17.2 Å². The van der Waals surface area contributed by atoms with E-state index in [1.54, 1.807) is 0 Å². The smallest absolute Gasteiger partial charge is 0.341 e. The number of benzene rings is 1. The number of hydrogen-bond donors (Lipinski definition) is 3. The van der Waals surface area contributed by atoms with Crippen molar-refractivity contribution in [2.75, 3.05) is 16.6 Å². The average molecular weight is 412 g/mol. The molecule has 1 heterocycles. The molecule has 29 heavy (non-hydrogen) atoms. The number of nitrogens with zero attached hydrogens (tertiary/aromatic N) is 4. The standard InChI is InChI=1S/C18H19N7O3S/c1-18(2,3)15-13(19-4)16(23-22-15)24-25-17(20-5)14(26)11-6-8-12(9-7-11)21-10-29(27)28/h6-9,21H,10H2,1-3H3,(H,27,28)(H2,22,23,24)/p-1/b25-17+. The Morgan fingerprint density at radius 3 is 2.48 bits per heavy atom. The van der Waals surface area contributed by atoms with Gasteiger partial charge in [-0.3, -0.25) is 9.31 Å². The number of hydrogen-bond acceptors (Lipinski definition) is 7. The van der Waals surface area contributed by atoms with E-state index in [9.17, 15) is 13.6 Å². The van der Waals surface area contributed by atoms with Crippen molar-refractivity contribution >= 4 is 39.9 Å². The second-order valence-corrected chi connectivity index (χ2v) is 7.74. The number of aromatic amines is 1. The van der Waals surface area contributed by atoms with Crippen molar-refractivity contribution in [1.29, 1.82) is 0 Å². The predicted octanol–water partition coefficient (Wildman–Crippen LogP) is 3.03. The van der Waals surface area contributed by atoms with Crippen molar-refractivity contribution in [1.82, 2.24) is 10.2 Å². The Hall–Kier alpha value is -3.54. The second-order valence-electron chi connectivity index (χ2n) is 6.85. The third-order valence-electron chi connectivity index (χ3n) is 3.72. The van der Waals surface area contributed by atoms with Gasteiger partial charge in [0.05, 0.1) is 12.4 Å². The molecule has 1 aromatic heterocycles. The van der Waals surface area contributed by atoms with Crippen LogP contribution in [-0.2, 0) is 16.5 Å². The molecule has 0 radical (unpaired) electrons. The molecule has 150 valence electrons. The number of amidine groups is 1. The van der Waals surface area contributed by atoms with Gasteiger partial charge in [0.15, 0.2) is 5.82 Å². The van der Waals surface area contributed by atoms with Gasteiger partial charge in [-0.25, -0.2) is 4.85 Å². The van der Waals surface area contributed by atoms with Crippen molar-refractivity contribution in [2.45, 2.75) is 26.2 Å². The molecule has 2 aromatic rings. The largest absolute Gasteiger partial charge is 0.771 e. The van der Waals surface area contributed by atoms with Crippen LogP contribution >= 0.6 is 0 Å². The molecule has 1 atom stereocenters. The molecular formula is C18H18N7O3S-. The number of carbonyl (C=O) groups excluding carboxylic acids is 1. The van der Waals surface area contributed by atoms with Gasteiger partial charge in [0.2, 0.25) is 5.78 Å². The lowest BCUT2D eigenvalue weighted by Gasteiger charge is -2.16. The molecule has 1 unspecified atom stereocenters. The molecule has 0 spiro atoms. The van der Waals surface area contributed by atoms with Crippen LogP contribution in [0.25, 0.3) is 9.69 Å². The van der Waals surface area contributed by atoms with Gasteiger partial charge in [0, 0.05) is 16.9 Å². The summed E-state index contributed by atoms with van der Waals surface area (Å²) in [6.07, 6.45) is 0. The van der Waals surface area contributed by atoms with Gasteiger partial charge < -0.3 is 19.5 Å². The molecule has 0 amide bonds. The van der Waals surface area contributed by atoms with Crippen molar-refractivity contribution in [3.8, 4) is 0 Å². The maximum Gasteiger partial charge on any atom is 0.341 e. The number of anilines is 2. The maximum absolute atomic E-state index is 12.5. The SMILES string of the molecule is [C-]#[N+]/C(=N/Nc1n[nH]c(C(C)(C)C)c1[N+]#[C-])C(=O)c1ccc(NCS(=O)[O-])cc1. The summed E-state index contributed by atoms with van der Waals surface area (Å²) in [5.41, 5.74) is 3.75. The predicted molar refractivity (Wildman–Crippen MR) is 109 cm³/mol. The second kappa shape index (κ2) is 9.10. The summed E-state index contributed by atoms with van der Waals surface area (Å²) < 4.78 is 21.1. The van der Waals surface area contributed by atoms with Gasteiger partial charge in [0.1, 0.15) is 0 Å². The van der Waals surface area contributed by atoms with Gasteiger partial charge in [-0.1, -0.05) is 39.5 Å². The molecule has 0 bridgehead atoms. The Morgan fingerprint density at radius 2 is 1.97 bits per heavy atom. The Bertz CT molecular complexity index is 1040. The third-order valence-corrected chi connectivity index (χ3v) is 4.10. The van der Waals surface area contributed by atoms with Crippen LogP contribution in [-0.4, -0.2) is 36.5 Å². The first-order chi connectivity index (χ1) is 13.7. The maximum atomic E-state index is 12.5. The number of aromatic nitrogens is 2. The summed E-state index contributed by atoms with van der Waals surface area (Å²) in [7, 11) is 0. The van der Waals surface area contributed by atoms with E-state index in [4.69, 9.17) is 13.1 Å². The van der Waals surface area contributed by atoms with Crippen LogP contribution in [0.3, 0.4) is 0 Å². The number of Topliss-reactive ketones (excluding diaryl/α,β-unsaturated/α-hetero) is 1. The molecule has 0 saturated carbocycles. The molecule has 0 aliphatic heterocycles. The zero-order chi connectivity index (χ0) is 21.6. The van der Waals surface area contributed by atoms with Crippen molar-refractivity contribution in [2.24, 2.45) is 5.10 Å². The summed E-state index contributed by atoms with van der Waals surface area (Å²) in [5.74, 6) is -1.18. The van der Waals surface area contributed by atoms with Crippen LogP contribution in [0, 0.1) is 13.1 Å². The Morgan fingerprint density at radius 1 is 1.31 bits per heavy atom. The molecular weight excluding hydrogens is 394 g/mol. The van der Waals surface area contributed by atoms with Gasteiger partial charge in [0.25, 0.3) is 5.69 Å². The number of rotatable bonds is 7. The van der Waals surface area contributed by atoms with Gasteiger partial charge in [-0.2, -0.15) is 10.5 Å². The van der Waals surface area contributed by atoms with E-state index in [0.717, 1.165) is 0 Å². The summed E-state index contributed by atoms with van der Waals surface area (Å²) >= 11 is -2.24. The lowest BCUT2D eigenvalue weighted by molar-refractivity contribution is 0.106. The summed E-state index contributed by atoms with van der Waals surface area (Å²) in [5, 5.41) is 13.3. The topological polar surface area (TPSA) is 131 Å². The Balaban J connectivity index is 2.19. The quantitative estimate of drug-likeness (QED) is 0.160. The highest BCUT2D eigenvalue weighted by Gasteiger charge is 2.25. The molecule has 3 N–H and O–H groups in total. The van der Waals surface area contributed by atoms with Crippen molar-refractivity contribution in [3.05, 3.63) is 58.4 Å². The first kappa shape index (κ1) is 21.8. The van der Waals surface area contributed by atoms with E-state index >= 15 is 0 Å². The average Bonchev–Trinajstić information content (AvgIpc) is 3.10. The number of nitrogens with one attached hydrogen (secondary N) is 3. The summed E-state index contributed by atoms with van der Waals surface area (Å²) in [6, 6.07) is 5.96. The van der Waals surface area contributed by atoms with E-state index in [2.05, 4.69) is 35.7 Å². The fourth-order valence-electron chi connectivity index (χ4n) is 2.29. The van der Waals surface area contributed by atoms with E-state index in [1.807, 2.05) is 20.8 Å². The number of H-pyrrole nitrogens is 1. The third kappa shape index (κ3) is 5.48. The van der Waals surface area contributed by atoms with Gasteiger partial charge >= 0.3 is 5.84 Å². The molecule has 2 rings (SSSR count). The first-order valence-corrected chi connectivity index (χ1v) is 9.53. The van der Waals surface area contributed by atoms with Gasteiger partial charge in [-0.05, 0) is 33.7 Å². The highest BCUT2D eigenvalue weighted by Crippen LogP contribution is 2.35. The van der Waals surface area contributed by atoms with Crippen molar-refractivity contribution < 1.29 is 13.6 Å². The molecule has 0 saturated heterocycles. The Kier molecular flexibility index (Phi) is 6.83. The minimum Gasteiger partial charge on any atom is -0.771 e. The van der Waals surface area contributed by atoms with Crippen LogP contribution in [0.15, 0.2) is 29.4 Å². The Labute approximate surface area is 170 Å². The highest BCUT2D eigenvalue weighted by molar-refractivity contribution is 7.79. The molecule has 1 aromatic carbocycles. The van der Waals surface area contributed by atoms with Crippen LogP contribution in [0.1, 0.15) is 36.8 Å². The van der Waals surface area contributed by atoms with Gasteiger partial charge in [-0.15, -0.1) is 0 Å². The lowest BCUT2D eigenvalue weighted by atomic mass is 9.91. The number of carbonyl (C=O) groups is 1. The fourth-order valence-corrected chi connectivity index (χ4v) is 2.57. The minimum absolute atomic E-state index is 0.129. The molecule has 10 nitrogen and oxygen atoms in total. The zero-order valence-corrected chi connectivity index (χ0v) is 16.8. The molecule has 0 fully saturated rings. The van der Waals surface area contributed by atoms with Crippen molar-refractivity contribution in [3.63, 3.8) is 0 Å². The highest BCUT2D eigenvalue weighted by atomic mass is 32.2. The molecule has 11 heteroatoms. The minimum atomic E-state index is -2.24. The number of ketones is 1. The van der Waals surface area contributed by atoms with E-state index < -0.39 is 22.7 Å². The van der Waals surface area contributed by atoms with E-state index in [1.165, 1.54) is 24.3 Å². The van der Waals surface area contributed by atoms with Crippen LogP contribution in [0.2, 0.25) is 0 Å². The lowest BCUT2D eigenvalue weighted by Crippen LogP contribution is -2.13. The van der Waals surface area contributed by atoms with E-state index in [0.29, 0.717) is 11.4 Å². The number of hydrazone groups is 1. The fraction of sp³-hybridized carbons (Fsp3) is 0.278. The summed E-state index contributed by atoms with van der Waals surface area (Å²) in [6.45, 7) is 20.3.